The fraction of sp³-hybridized carbons (Fsp3) is 0.375. The smallest absolute Gasteiger partial charge is 0.306 e. The van der Waals surface area contributed by atoms with Crippen LogP contribution < -0.4 is 5.73 Å². The quantitative estimate of drug-likeness (QED) is 0.470. The lowest BCUT2D eigenvalue weighted by atomic mass is 10.5. The number of carbonyl (C=O) groups excluding carboxylic acids is 1. The van der Waals surface area contributed by atoms with E-state index >= 15 is 0 Å². The highest BCUT2D eigenvalue weighted by atomic mass is 32.2. The topological polar surface area (TPSA) is 78.1 Å². The summed E-state index contributed by atoms with van der Waals surface area (Å²) in [6.07, 6.45) is 1.20. The van der Waals surface area contributed by atoms with Crippen LogP contribution in [0.4, 0.5) is 10.3 Å². The van der Waals surface area contributed by atoms with E-state index in [0.29, 0.717) is 5.75 Å². The summed E-state index contributed by atoms with van der Waals surface area (Å²) >= 11 is 1.10. The second kappa shape index (κ2) is 5.50. The normalized spacial score (nSPS) is 10.0. The van der Waals surface area contributed by atoms with Gasteiger partial charge in [0.15, 0.2) is 5.82 Å². The average molecular weight is 231 g/mol. The van der Waals surface area contributed by atoms with Gasteiger partial charge in [-0.15, -0.1) is 11.8 Å². The van der Waals surface area contributed by atoms with Gasteiger partial charge in [0.25, 0.3) is 0 Å². The molecule has 1 rings (SSSR count). The monoisotopic (exact) mass is 231 g/mol. The molecule has 0 saturated carbocycles. The largest absolute Gasteiger partial charge is 0.469 e. The Morgan fingerprint density at radius 2 is 2.47 bits per heavy atom. The van der Waals surface area contributed by atoms with Crippen molar-refractivity contribution in [3.8, 4) is 0 Å². The van der Waals surface area contributed by atoms with Crippen LogP contribution in [0.2, 0.25) is 0 Å². The molecule has 1 aromatic rings. The van der Waals surface area contributed by atoms with Crippen LogP contribution in [0.3, 0.4) is 0 Å². The fourth-order valence-electron chi connectivity index (χ4n) is 0.799. The van der Waals surface area contributed by atoms with Gasteiger partial charge in [-0.3, -0.25) is 4.79 Å². The van der Waals surface area contributed by atoms with Crippen LogP contribution in [0.5, 0.6) is 0 Å². The molecule has 0 radical (unpaired) electrons. The molecule has 7 heteroatoms. The maximum atomic E-state index is 13.1. The highest BCUT2D eigenvalue weighted by Gasteiger charge is 2.07. The SMILES string of the molecule is COC(=O)CCSc1nc(N)ncc1F. The summed E-state index contributed by atoms with van der Waals surface area (Å²) in [6.45, 7) is 0. The molecular formula is C8H10FN3O2S. The molecule has 0 aliphatic heterocycles. The van der Waals surface area contributed by atoms with E-state index in [2.05, 4.69) is 14.7 Å². The van der Waals surface area contributed by atoms with E-state index in [0.717, 1.165) is 18.0 Å². The van der Waals surface area contributed by atoms with Gasteiger partial charge in [0, 0.05) is 5.75 Å². The number of carbonyl (C=O) groups is 1. The van der Waals surface area contributed by atoms with E-state index in [1.54, 1.807) is 0 Å². The van der Waals surface area contributed by atoms with Gasteiger partial charge in [0.05, 0.1) is 19.7 Å². The maximum absolute atomic E-state index is 13.1. The number of hydrogen-bond acceptors (Lipinski definition) is 6. The number of rotatable bonds is 4. The standard InChI is InChI=1S/C8H10FN3O2S/c1-14-6(13)2-3-15-7-5(9)4-11-8(10)12-7/h4H,2-3H2,1H3,(H2,10,11,12). The first-order valence-corrected chi connectivity index (χ1v) is 5.09. The molecule has 5 nitrogen and oxygen atoms in total. The van der Waals surface area contributed by atoms with Crippen LogP contribution in [-0.2, 0) is 9.53 Å². The summed E-state index contributed by atoms with van der Waals surface area (Å²) in [5, 5.41) is 0.145. The van der Waals surface area contributed by atoms with Crippen molar-refractivity contribution in [3.05, 3.63) is 12.0 Å². The number of nitrogens with two attached hydrogens (primary N) is 1. The summed E-state index contributed by atoms with van der Waals surface area (Å²) in [4.78, 5) is 18.0. The molecule has 0 spiro atoms. The van der Waals surface area contributed by atoms with Crippen LogP contribution >= 0.6 is 11.8 Å². The Hall–Kier alpha value is -1.37. The van der Waals surface area contributed by atoms with Crippen LogP contribution in [0.25, 0.3) is 0 Å². The predicted octanol–water partition coefficient (Wildman–Crippen LogP) is 0.853. The van der Waals surface area contributed by atoms with Crippen molar-refractivity contribution in [3.63, 3.8) is 0 Å². The van der Waals surface area contributed by atoms with Crippen molar-refractivity contribution in [2.45, 2.75) is 11.4 Å². The van der Waals surface area contributed by atoms with Crippen LogP contribution in [0.15, 0.2) is 11.2 Å². The van der Waals surface area contributed by atoms with Gasteiger partial charge in [0.2, 0.25) is 5.95 Å². The van der Waals surface area contributed by atoms with Gasteiger partial charge in [-0.2, -0.15) is 0 Å². The molecule has 2 N–H and O–H groups in total. The number of nitrogen functional groups attached to an aromatic ring is 1. The number of anilines is 1. The number of halogens is 1. The molecule has 0 aromatic carbocycles. The summed E-state index contributed by atoms with van der Waals surface area (Å²) in [7, 11) is 1.30. The average Bonchev–Trinajstić information content (AvgIpc) is 2.23. The minimum Gasteiger partial charge on any atom is -0.469 e. The van der Waals surface area contributed by atoms with Gasteiger partial charge < -0.3 is 10.5 Å². The molecule has 15 heavy (non-hydrogen) atoms. The number of aromatic nitrogens is 2. The van der Waals surface area contributed by atoms with E-state index in [-0.39, 0.29) is 23.4 Å². The van der Waals surface area contributed by atoms with E-state index in [1.807, 2.05) is 0 Å². The van der Waals surface area contributed by atoms with Crippen LogP contribution in [0, 0.1) is 5.82 Å². The van der Waals surface area contributed by atoms with E-state index in [4.69, 9.17) is 5.73 Å². The molecule has 0 atom stereocenters. The number of thioether (sulfide) groups is 1. The summed E-state index contributed by atoms with van der Waals surface area (Å²) in [6, 6.07) is 0. The third-order valence-electron chi connectivity index (χ3n) is 1.50. The molecular weight excluding hydrogens is 221 g/mol. The molecule has 0 saturated heterocycles. The van der Waals surface area contributed by atoms with Crippen molar-refractivity contribution in [1.29, 1.82) is 0 Å². The molecule has 1 aromatic heterocycles. The molecule has 0 aliphatic carbocycles. The minimum atomic E-state index is -0.543. The first-order valence-electron chi connectivity index (χ1n) is 4.11. The van der Waals surface area contributed by atoms with Crippen molar-refractivity contribution in [2.75, 3.05) is 18.6 Å². The van der Waals surface area contributed by atoms with Crippen molar-refractivity contribution in [1.82, 2.24) is 9.97 Å². The Morgan fingerprint density at radius 3 is 3.13 bits per heavy atom. The van der Waals surface area contributed by atoms with E-state index in [9.17, 15) is 9.18 Å². The van der Waals surface area contributed by atoms with Gasteiger partial charge in [-0.1, -0.05) is 0 Å². The predicted molar refractivity (Wildman–Crippen MR) is 53.8 cm³/mol. The summed E-state index contributed by atoms with van der Waals surface area (Å²) in [5.41, 5.74) is 5.29. The lowest BCUT2D eigenvalue weighted by Crippen LogP contribution is -2.02. The molecule has 82 valence electrons. The van der Waals surface area contributed by atoms with Gasteiger partial charge >= 0.3 is 5.97 Å². The van der Waals surface area contributed by atoms with Gasteiger partial charge in [-0.25, -0.2) is 14.4 Å². The molecule has 1 heterocycles. The van der Waals surface area contributed by atoms with E-state index < -0.39 is 5.82 Å². The first kappa shape index (κ1) is 11.7. The van der Waals surface area contributed by atoms with E-state index in [1.165, 1.54) is 7.11 Å². The van der Waals surface area contributed by atoms with Crippen LogP contribution in [-0.4, -0.2) is 28.8 Å². The minimum absolute atomic E-state index is 0.0111. The fourth-order valence-corrected chi connectivity index (χ4v) is 1.61. The second-order valence-corrected chi connectivity index (χ2v) is 3.64. The van der Waals surface area contributed by atoms with Gasteiger partial charge in [0.1, 0.15) is 5.03 Å². The Kier molecular flexibility index (Phi) is 4.29. The summed E-state index contributed by atoms with van der Waals surface area (Å²) < 4.78 is 17.5. The zero-order valence-corrected chi connectivity index (χ0v) is 8.88. The Labute approximate surface area is 90.2 Å². The number of hydrogen-bond donors (Lipinski definition) is 1. The number of nitrogens with zero attached hydrogens (tertiary/aromatic N) is 2. The third kappa shape index (κ3) is 3.70. The Balaban J connectivity index is 2.50. The molecule has 0 amide bonds. The third-order valence-corrected chi connectivity index (χ3v) is 2.47. The molecule has 0 unspecified atom stereocenters. The lowest BCUT2D eigenvalue weighted by Gasteiger charge is -2.01. The van der Waals surface area contributed by atoms with Gasteiger partial charge in [-0.05, 0) is 0 Å². The zero-order chi connectivity index (χ0) is 11.3. The summed E-state index contributed by atoms with van der Waals surface area (Å²) in [5.74, 6) is -0.485. The zero-order valence-electron chi connectivity index (χ0n) is 8.07. The number of methoxy groups -OCH3 is 1. The molecule has 0 bridgehead atoms. The highest BCUT2D eigenvalue weighted by molar-refractivity contribution is 7.99. The first-order chi connectivity index (χ1) is 7.13. The Bertz CT molecular complexity index is 362. The second-order valence-electron chi connectivity index (χ2n) is 2.56. The van der Waals surface area contributed by atoms with Crippen LogP contribution in [0.1, 0.15) is 6.42 Å². The maximum Gasteiger partial charge on any atom is 0.306 e. The number of ether oxygens (including phenoxy) is 1. The van der Waals surface area contributed by atoms with Crippen molar-refractivity contribution in [2.24, 2.45) is 0 Å². The van der Waals surface area contributed by atoms with Crippen molar-refractivity contribution < 1.29 is 13.9 Å². The molecule has 0 aliphatic rings. The molecule has 0 fully saturated rings. The van der Waals surface area contributed by atoms with Crippen molar-refractivity contribution >= 4 is 23.7 Å². The Morgan fingerprint density at radius 1 is 1.73 bits per heavy atom. The number of esters is 1. The lowest BCUT2D eigenvalue weighted by molar-refractivity contribution is -0.140. The highest BCUT2D eigenvalue weighted by Crippen LogP contribution is 2.19.